The molecule has 4 nitrogen and oxygen atoms in total. The maximum absolute atomic E-state index is 11.4. The molecular weight excluding hydrogens is 310 g/mol. The second-order valence-corrected chi connectivity index (χ2v) is 5.16. The highest BCUT2D eigenvalue weighted by atomic mass is 79.9. The number of hydrogen-bond acceptors (Lipinski definition) is 3. The molecule has 0 aliphatic heterocycles. The molecule has 0 aromatic heterocycles. The Kier molecular flexibility index (Phi) is 4.74. The number of halogens is 1. The molecule has 1 aliphatic carbocycles. The molecule has 1 amide bonds. The fourth-order valence-corrected chi connectivity index (χ4v) is 1.87. The topological polar surface area (TPSA) is 55.4 Å². The average molecular weight is 324 g/mol. The molecular formula is C14H14BrNO3. The summed E-state index contributed by atoms with van der Waals surface area (Å²) in [5.74, 6) is -0.771. The van der Waals surface area contributed by atoms with E-state index in [2.05, 4.69) is 21.2 Å². The van der Waals surface area contributed by atoms with Gasteiger partial charge in [-0.05, 0) is 30.5 Å². The highest BCUT2D eigenvalue weighted by Gasteiger charge is 2.23. The van der Waals surface area contributed by atoms with Crippen molar-refractivity contribution in [3.63, 3.8) is 0 Å². The standard InChI is InChI=1S/C14H14BrNO3/c15-12-4-2-1-3-10(12)5-8-14(18)19-9-13(17)16-11-6-7-11/h1-5,8,11H,6-7,9H2,(H,16,17)/b8-5+. The molecule has 0 heterocycles. The van der Waals surface area contributed by atoms with Crippen LogP contribution in [0.5, 0.6) is 0 Å². The smallest absolute Gasteiger partial charge is 0.331 e. The van der Waals surface area contributed by atoms with Crippen LogP contribution in [0.1, 0.15) is 18.4 Å². The van der Waals surface area contributed by atoms with Gasteiger partial charge in [0.15, 0.2) is 6.61 Å². The zero-order valence-corrected chi connectivity index (χ0v) is 11.9. The van der Waals surface area contributed by atoms with Crippen LogP contribution in [-0.4, -0.2) is 24.5 Å². The number of benzene rings is 1. The van der Waals surface area contributed by atoms with Crippen molar-refractivity contribution in [2.24, 2.45) is 0 Å². The predicted octanol–water partition coefficient (Wildman–Crippen LogP) is 2.28. The minimum absolute atomic E-state index is 0.227. The fraction of sp³-hybridized carbons (Fsp3) is 0.286. The van der Waals surface area contributed by atoms with Crippen molar-refractivity contribution in [2.75, 3.05) is 6.61 Å². The van der Waals surface area contributed by atoms with Crippen molar-refractivity contribution in [1.29, 1.82) is 0 Å². The molecule has 0 spiro atoms. The van der Waals surface area contributed by atoms with E-state index < -0.39 is 5.97 Å². The van der Waals surface area contributed by atoms with Gasteiger partial charge in [0.05, 0.1) is 0 Å². The third kappa shape index (κ3) is 4.87. The fourth-order valence-electron chi connectivity index (χ4n) is 1.45. The molecule has 0 atom stereocenters. The summed E-state index contributed by atoms with van der Waals surface area (Å²) in [6.07, 6.45) is 4.99. The van der Waals surface area contributed by atoms with Gasteiger partial charge in [-0.15, -0.1) is 0 Å². The Morgan fingerprint density at radius 3 is 2.79 bits per heavy atom. The van der Waals surface area contributed by atoms with E-state index in [1.165, 1.54) is 6.08 Å². The van der Waals surface area contributed by atoms with E-state index in [4.69, 9.17) is 4.74 Å². The van der Waals surface area contributed by atoms with E-state index in [1.807, 2.05) is 24.3 Å². The lowest BCUT2D eigenvalue weighted by Gasteiger charge is -2.03. The van der Waals surface area contributed by atoms with Gasteiger partial charge in [0.2, 0.25) is 0 Å². The first-order valence-corrected chi connectivity index (χ1v) is 6.83. The summed E-state index contributed by atoms with van der Waals surface area (Å²) >= 11 is 3.38. The third-order valence-corrected chi connectivity index (χ3v) is 3.31. The molecule has 0 radical (unpaired) electrons. The van der Waals surface area contributed by atoms with Gasteiger partial charge in [0.1, 0.15) is 0 Å². The highest BCUT2D eigenvalue weighted by molar-refractivity contribution is 9.10. The number of carbonyl (C=O) groups is 2. The normalized spacial score (nSPS) is 14.4. The van der Waals surface area contributed by atoms with E-state index in [1.54, 1.807) is 6.08 Å². The summed E-state index contributed by atoms with van der Waals surface area (Å²) in [5.41, 5.74) is 0.877. The van der Waals surface area contributed by atoms with E-state index in [0.717, 1.165) is 22.9 Å². The van der Waals surface area contributed by atoms with Gasteiger partial charge in [-0.1, -0.05) is 34.1 Å². The summed E-state index contributed by atoms with van der Waals surface area (Å²) < 4.78 is 5.73. The van der Waals surface area contributed by atoms with Crippen LogP contribution in [-0.2, 0) is 14.3 Å². The van der Waals surface area contributed by atoms with Crippen molar-refractivity contribution >= 4 is 33.9 Å². The molecule has 1 aromatic carbocycles. The Labute approximate surface area is 120 Å². The molecule has 2 rings (SSSR count). The van der Waals surface area contributed by atoms with Gasteiger partial charge >= 0.3 is 5.97 Å². The molecule has 0 bridgehead atoms. The van der Waals surface area contributed by atoms with E-state index in [9.17, 15) is 9.59 Å². The second-order valence-electron chi connectivity index (χ2n) is 4.30. The maximum atomic E-state index is 11.4. The first-order chi connectivity index (χ1) is 9.15. The monoisotopic (exact) mass is 323 g/mol. The van der Waals surface area contributed by atoms with Crippen molar-refractivity contribution in [2.45, 2.75) is 18.9 Å². The minimum atomic E-state index is -0.526. The molecule has 1 saturated carbocycles. The van der Waals surface area contributed by atoms with Gasteiger partial charge < -0.3 is 10.1 Å². The molecule has 0 saturated heterocycles. The molecule has 1 N–H and O–H groups in total. The lowest BCUT2D eigenvalue weighted by atomic mass is 10.2. The van der Waals surface area contributed by atoms with Gasteiger partial charge in [-0.25, -0.2) is 4.79 Å². The SMILES string of the molecule is O=C(COC(=O)/C=C/c1ccccc1Br)NC1CC1. The summed E-state index contributed by atoms with van der Waals surface area (Å²) in [4.78, 5) is 22.7. The highest BCUT2D eigenvalue weighted by Crippen LogP contribution is 2.18. The van der Waals surface area contributed by atoms with Gasteiger partial charge in [-0.2, -0.15) is 0 Å². The molecule has 100 valence electrons. The molecule has 1 aliphatic rings. The number of hydrogen-bond donors (Lipinski definition) is 1. The largest absolute Gasteiger partial charge is 0.452 e. The Balaban J connectivity index is 1.77. The van der Waals surface area contributed by atoms with E-state index in [0.29, 0.717) is 0 Å². The lowest BCUT2D eigenvalue weighted by molar-refractivity contribution is -0.143. The molecule has 5 heteroatoms. The van der Waals surface area contributed by atoms with E-state index in [-0.39, 0.29) is 18.6 Å². The van der Waals surface area contributed by atoms with Crippen molar-refractivity contribution < 1.29 is 14.3 Å². The summed E-state index contributed by atoms with van der Waals surface area (Å²) in [6, 6.07) is 7.80. The first-order valence-electron chi connectivity index (χ1n) is 6.04. The lowest BCUT2D eigenvalue weighted by Crippen LogP contribution is -2.30. The Bertz CT molecular complexity index is 509. The van der Waals surface area contributed by atoms with Crippen LogP contribution in [0, 0.1) is 0 Å². The summed E-state index contributed by atoms with van der Waals surface area (Å²) in [7, 11) is 0. The van der Waals surface area contributed by atoms with Crippen molar-refractivity contribution in [3.05, 3.63) is 40.4 Å². The quantitative estimate of drug-likeness (QED) is 0.668. The maximum Gasteiger partial charge on any atom is 0.331 e. The van der Waals surface area contributed by atoms with Gasteiger partial charge in [-0.3, -0.25) is 4.79 Å². The molecule has 19 heavy (non-hydrogen) atoms. The Morgan fingerprint density at radius 1 is 1.37 bits per heavy atom. The van der Waals surface area contributed by atoms with Crippen LogP contribution in [0.3, 0.4) is 0 Å². The second kappa shape index (κ2) is 6.52. The van der Waals surface area contributed by atoms with Crippen LogP contribution in [0.2, 0.25) is 0 Å². The summed E-state index contributed by atoms with van der Waals surface area (Å²) in [6.45, 7) is -0.227. The van der Waals surface area contributed by atoms with Crippen LogP contribution >= 0.6 is 15.9 Å². The van der Waals surface area contributed by atoms with Crippen LogP contribution in [0.25, 0.3) is 6.08 Å². The van der Waals surface area contributed by atoms with Gasteiger partial charge in [0, 0.05) is 16.6 Å². The third-order valence-electron chi connectivity index (χ3n) is 2.59. The zero-order chi connectivity index (χ0) is 13.7. The number of carbonyl (C=O) groups excluding carboxylic acids is 2. The van der Waals surface area contributed by atoms with Gasteiger partial charge in [0.25, 0.3) is 5.91 Å². The number of amides is 1. The number of esters is 1. The van der Waals surface area contributed by atoms with E-state index >= 15 is 0 Å². The number of rotatable bonds is 5. The van der Waals surface area contributed by atoms with Crippen molar-refractivity contribution in [1.82, 2.24) is 5.32 Å². The predicted molar refractivity (Wildman–Crippen MR) is 75.3 cm³/mol. The van der Waals surface area contributed by atoms with Crippen LogP contribution in [0.15, 0.2) is 34.8 Å². The number of ether oxygens (including phenoxy) is 1. The minimum Gasteiger partial charge on any atom is -0.452 e. The van der Waals surface area contributed by atoms with Crippen LogP contribution in [0.4, 0.5) is 0 Å². The summed E-state index contributed by atoms with van der Waals surface area (Å²) in [5, 5.41) is 2.74. The molecule has 1 aromatic rings. The van der Waals surface area contributed by atoms with Crippen LogP contribution < -0.4 is 5.32 Å². The molecule has 1 fully saturated rings. The Hall–Kier alpha value is -1.62. The number of nitrogens with one attached hydrogen (secondary N) is 1. The first kappa shape index (κ1) is 13.8. The molecule has 0 unspecified atom stereocenters. The van der Waals surface area contributed by atoms with Crippen molar-refractivity contribution in [3.8, 4) is 0 Å². The zero-order valence-electron chi connectivity index (χ0n) is 10.3. The average Bonchev–Trinajstić information content (AvgIpc) is 3.19. The Morgan fingerprint density at radius 2 is 2.11 bits per heavy atom.